The molecule has 0 radical (unpaired) electrons. The molecular weight excluding hydrogens is 270 g/mol. The number of hydrogen-bond acceptors (Lipinski definition) is 3. The Bertz CT molecular complexity index is 309. The van der Waals surface area contributed by atoms with E-state index in [4.69, 9.17) is 5.11 Å². The van der Waals surface area contributed by atoms with Gasteiger partial charge >= 0.3 is 12.0 Å². The third kappa shape index (κ3) is 11.1. The van der Waals surface area contributed by atoms with E-state index in [1.165, 1.54) is 0 Å². The van der Waals surface area contributed by atoms with Gasteiger partial charge in [0.1, 0.15) is 0 Å². The molecule has 2 amide bonds. The standard InChI is InChI=1S/C15H31N3O3/c1-5-6-13(7-8-14(19)20)9-10-16-15(21)17-11-12(2)18(3)4/h12-13H,5-11H2,1-4H3,(H,19,20)(H2,16,17,21). The molecule has 0 aliphatic carbocycles. The highest BCUT2D eigenvalue weighted by Gasteiger charge is 2.11. The number of nitrogens with zero attached hydrogens (tertiary/aromatic N) is 1. The largest absolute Gasteiger partial charge is 0.481 e. The lowest BCUT2D eigenvalue weighted by Gasteiger charge is -2.20. The number of hydrogen-bond donors (Lipinski definition) is 3. The number of aliphatic carboxylic acids is 1. The molecule has 0 spiro atoms. The molecule has 0 aliphatic heterocycles. The minimum absolute atomic E-state index is 0.155. The lowest BCUT2D eigenvalue weighted by Crippen LogP contribution is -2.43. The zero-order valence-electron chi connectivity index (χ0n) is 13.8. The van der Waals surface area contributed by atoms with E-state index in [0.29, 0.717) is 31.5 Å². The van der Waals surface area contributed by atoms with E-state index in [1.54, 1.807) is 0 Å². The van der Waals surface area contributed by atoms with Crippen LogP contribution in [0.3, 0.4) is 0 Å². The number of carbonyl (C=O) groups is 2. The van der Waals surface area contributed by atoms with Crippen LogP contribution in [0, 0.1) is 5.92 Å². The molecule has 2 unspecified atom stereocenters. The minimum atomic E-state index is -0.750. The molecule has 0 saturated carbocycles. The van der Waals surface area contributed by atoms with Gasteiger partial charge in [-0.25, -0.2) is 4.79 Å². The summed E-state index contributed by atoms with van der Waals surface area (Å²) in [5, 5.41) is 14.4. The Labute approximate surface area is 128 Å². The van der Waals surface area contributed by atoms with Crippen molar-refractivity contribution in [2.45, 2.75) is 52.0 Å². The van der Waals surface area contributed by atoms with Gasteiger partial charge in [0.15, 0.2) is 0 Å². The summed E-state index contributed by atoms with van der Waals surface area (Å²) < 4.78 is 0. The number of urea groups is 1. The van der Waals surface area contributed by atoms with Gasteiger partial charge < -0.3 is 20.6 Å². The van der Waals surface area contributed by atoms with Gasteiger partial charge in [-0.2, -0.15) is 0 Å². The summed E-state index contributed by atoms with van der Waals surface area (Å²) in [7, 11) is 3.95. The van der Waals surface area contributed by atoms with Crippen LogP contribution in [0.15, 0.2) is 0 Å². The molecule has 0 saturated heterocycles. The van der Waals surface area contributed by atoms with Crippen molar-refractivity contribution in [3.8, 4) is 0 Å². The van der Waals surface area contributed by atoms with Crippen molar-refractivity contribution in [3.63, 3.8) is 0 Å². The number of carboxylic acid groups (broad SMARTS) is 1. The maximum Gasteiger partial charge on any atom is 0.314 e. The molecule has 0 fully saturated rings. The Morgan fingerprint density at radius 3 is 2.33 bits per heavy atom. The summed E-state index contributed by atoms with van der Waals surface area (Å²) in [6.07, 6.45) is 3.77. The van der Waals surface area contributed by atoms with Crippen molar-refractivity contribution in [2.24, 2.45) is 5.92 Å². The highest BCUT2D eigenvalue weighted by atomic mass is 16.4. The van der Waals surface area contributed by atoms with E-state index in [1.807, 2.05) is 25.9 Å². The van der Waals surface area contributed by atoms with Crippen LogP contribution >= 0.6 is 0 Å². The van der Waals surface area contributed by atoms with Crippen molar-refractivity contribution in [3.05, 3.63) is 0 Å². The fraction of sp³-hybridized carbons (Fsp3) is 0.867. The maximum atomic E-state index is 11.6. The molecule has 3 N–H and O–H groups in total. The average Bonchev–Trinajstić information content (AvgIpc) is 2.41. The SMILES string of the molecule is CCCC(CCNC(=O)NCC(C)N(C)C)CCC(=O)O. The Kier molecular flexibility index (Phi) is 10.7. The molecule has 0 aliphatic rings. The Hall–Kier alpha value is -1.30. The smallest absolute Gasteiger partial charge is 0.314 e. The molecule has 2 atom stereocenters. The number of nitrogens with one attached hydrogen (secondary N) is 2. The Balaban J connectivity index is 3.86. The second-order valence-electron chi connectivity index (χ2n) is 5.83. The predicted molar refractivity (Wildman–Crippen MR) is 84.4 cm³/mol. The van der Waals surface area contributed by atoms with Gasteiger partial charge in [0.2, 0.25) is 0 Å². The zero-order valence-corrected chi connectivity index (χ0v) is 13.8. The van der Waals surface area contributed by atoms with Crippen LogP contribution in [0.1, 0.15) is 46.0 Å². The predicted octanol–water partition coefficient (Wildman–Crippen LogP) is 1.91. The van der Waals surface area contributed by atoms with E-state index < -0.39 is 5.97 Å². The average molecular weight is 301 g/mol. The van der Waals surface area contributed by atoms with E-state index in [-0.39, 0.29) is 12.5 Å². The summed E-state index contributed by atoms with van der Waals surface area (Å²) in [6.45, 7) is 5.34. The van der Waals surface area contributed by atoms with Gasteiger partial charge in [-0.1, -0.05) is 19.8 Å². The van der Waals surface area contributed by atoms with Gasteiger partial charge in [-0.15, -0.1) is 0 Å². The normalized spacial score (nSPS) is 13.8. The summed E-state index contributed by atoms with van der Waals surface area (Å²) in [5.74, 6) is -0.383. The summed E-state index contributed by atoms with van der Waals surface area (Å²) in [5.41, 5.74) is 0. The van der Waals surface area contributed by atoms with E-state index in [0.717, 1.165) is 19.3 Å². The van der Waals surface area contributed by atoms with Crippen LogP contribution in [0.5, 0.6) is 0 Å². The Morgan fingerprint density at radius 2 is 1.81 bits per heavy atom. The van der Waals surface area contributed by atoms with E-state index >= 15 is 0 Å². The van der Waals surface area contributed by atoms with Crippen molar-refractivity contribution in [1.29, 1.82) is 0 Å². The monoisotopic (exact) mass is 301 g/mol. The number of amides is 2. The van der Waals surface area contributed by atoms with Crippen molar-refractivity contribution in [2.75, 3.05) is 27.2 Å². The summed E-state index contributed by atoms with van der Waals surface area (Å²) in [6, 6.07) is 0.135. The third-order valence-electron chi connectivity index (χ3n) is 3.74. The minimum Gasteiger partial charge on any atom is -0.481 e. The fourth-order valence-corrected chi connectivity index (χ4v) is 2.04. The van der Waals surface area contributed by atoms with Gasteiger partial charge in [0, 0.05) is 25.6 Å². The van der Waals surface area contributed by atoms with Crippen LogP contribution in [0.25, 0.3) is 0 Å². The van der Waals surface area contributed by atoms with E-state index in [9.17, 15) is 9.59 Å². The van der Waals surface area contributed by atoms with E-state index in [2.05, 4.69) is 17.6 Å². The highest BCUT2D eigenvalue weighted by molar-refractivity contribution is 5.73. The van der Waals surface area contributed by atoms with Gasteiger partial charge in [0.05, 0.1) is 0 Å². The van der Waals surface area contributed by atoms with Crippen molar-refractivity contribution < 1.29 is 14.7 Å². The number of carbonyl (C=O) groups excluding carboxylic acids is 1. The first kappa shape index (κ1) is 19.7. The molecule has 21 heavy (non-hydrogen) atoms. The summed E-state index contributed by atoms with van der Waals surface area (Å²) in [4.78, 5) is 24.3. The molecule has 124 valence electrons. The lowest BCUT2D eigenvalue weighted by atomic mass is 9.94. The molecular formula is C15H31N3O3. The van der Waals surface area contributed by atoms with Gasteiger partial charge in [-0.3, -0.25) is 4.79 Å². The number of carboxylic acids is 1. The van der Waals surface area contributed by atoms with Gasteiger partial charge in [0.25, 0.3) is 0 Å². The molecule has 0 heterocycles. The fourth-order valence-electron chi connectivity index (χ4n) is 2.04. The first-order valence-corrected chi connectivity index (χ1v) is 7.76. The molecule has 0 aromatic heterocycles. The molecule has 6 heteroatoms. The quantitative estimate of drug-likeness (QED) is 0.544. The topological polar surface area (TPSA) is 81.7 Å². The molecule has 0 rings (SSSR count). The molecule has 0 aromatic rings. The van der Waals surface area contributed by atoms with Crippen molar-refractivity contribution in [1.82, 2.24) is 15.5 Å². The Morgan fingerprint density at radius 1 is 1.14 bits per heavy atom. The second kappa shape index (κ2) is 11.4. The zero-order chi connectivity index (χ0) is 16.3. The molecule has 0 bridgehead atoms. The van der Waals surface area contributed by atoms with Crippen molar-refractivity contribution >= 4 is 12.0 Å². The first-order chi connectivity index (χ1) is 9.86. The lowest BCUT2D eigenvalue weighted by molar-refractivity contribution is -0.137. The first-order valence-electron chi connectivity index (χ1n) is 7.76. The van der Waals surface area contributed by atoms with Crippen LogP contribution < -0.4 is 10.6 Å². The van der Waals surface area contributed by atoms with Gasteiger partial charge in [-0.05, 0) is 39.8 Å². The number of likely N-dealkylation sites (N-methyl/N-ethyl adjacent to an activating group) is 1. The van der Waals surface area contributed by atoms with Crippen LogP contribution in [-0.4, -0.2) is 55.2 Å². The van der Waals surface area contributed by atoms with Crippen LogP contribution in [-0.2, 0) is 4.79 Å². The third-order valence-corrected chi connectivity index (χ3v) is 3.74. The maximum absolute atomic E-state index is 11.6. The number of rotatable bonds is 11. The molecule has 0 aromatic carbocycles. The second-order valence-corrected chi connectivity index (χ2v) is 5.83. The van der Waals surface area contributed by atoms with Crippen LogP contribution in [0.4, 0.5) is 4.79 Å². The highest BCUT2D eigenvalue weighted by Crippen LogP contribution is 2.17. The van der Waals surface area contributed by atoms with Crippen LogP contribution in [0.2, 0.25) is 0 Å². The summed E-state index contributed by atoms with van der Waals surface area (Å²) >= 11 is 0. The molecule has 6 nitrogen and oxygen atoms in total.